The number of phenols is 1. The van der Waals surface area contributed by atoms with Crippen molar-refractivity contribution in [2.45, 2.75) is 125 Å². The first kappa shape index (κ1) is 86.6. The summed E-state index contributed by atoms with van der Waals surface area (Å²) in [6.07, 6.45) is 2.81. The third-order valence-corrected chi connectivity index (χ3v) is 18.6. The molecule has 3 heterocycles. The number of nitrogens with two attached hydrogens (primary N) is 1. The molecule has 0 saturated carbocycles. The molecule has 596 valence electrons. The van der Waals surface area contributed by atoms with Crippen LogP contribution in [0.25, 0.3) is 21.8 Å². The van der Waals surface area contributed by atoms with E-state index in [1.807, 2.05) is 0 Å². The second kappa shape index (κ2) is 42.4. The fraction of sp³-hybridized carbons (Fsp3) is 0.403. The van der Waals surface area contributed by atoms with Gasteiger partial charge in [0.05, 0.1) is 32.9 Å². The third-order valence-electron chi connectivity index (χ3n) is 17.9. The number of para-hydroxylation sites is 2. The number of carboxylic acids is 1. The van der Waals surface area contributed by atoms with Crippen molar-refractivity contribution in [3.8, 4) is 5.75 Å². The zero-order chi connectivity index (χ0) is 81.0. The van der Waals surface area contributed by atoms with Gasteiger partial charge in [-0.3, -0.25) is 71.9 Å². The molecular weight excluding hydrogens is 1490 g/mol. The quantitative estimate of drug-likeness (QED) is 0.0159. The van der Waals surface area contributed by atoms with E-state index >= 15 is 9.59 Å². The van der Waals surface area contributed by atoms with Crippen LogP contribution in [0.15, 0.2) is 116 Å². The summed E-state index contributed by atoms with van der Waals surface area (Å²) in [5.74, 6) is -15.3. The Hall–Kier alpha value is -11.6. The van der Waals surface area contributed by atoms with Gasteiger partial charge in [-0.05, 0) is 73.2 Å². The van der Waals surface area contributed by atoms with Crippen LogP contribution in [0, 0.1) is 0 Å². The van der Waals surface area contributed by atoms with Gasteiger partial charge >= 0.3 is 5.97 Å². The van der Waals surface area contributed by atoms with Gasteiger partial charge in [-0.25, -0.2) is 0 Å². The third kappa shape index (κ3) is 25.2. The molecule has 0 aliphatic carbocycles. The van der Waals surface area contributed by atoms with E-state index in [4.69, 9.17) is 10.8 Å². The van der Waals surface area contributed by atoms with Crippen molar-refractivity contribution in [2.75, 3.05) is 57.5 Å². The summed E-state index contributed by atoms with van der Waals surface area (Å²) in [4.78, 5) is 211. The number of nitrogens with zero attached hydrogens (tertiary/aromatic N) is 1. The minimum absolute atomic E-state index is 0.00987. The maximum atomic E-state index is 15.2. The summed E-state index contributed by atoms with van der Waals surface area (Å²) < 4.78 is 0. The Morgan fingerprint density at radius 3 is 1.38 bits per heavy atom. The minimum Gasteiger partial charge on any atom is -0.508 e. The van der Waals surface area contributed by atoms with E-state index in [0.29, 0.717) is 44.1 Å². The summed E-state index contributed by atoms with van der Waals surface area (Å²) in [5, 5.41) is 82.2. The molecule has 22 N–H and O–H groups in total. The van der Waals surface area contributed by atoms with Crippen molar-refractivity contribution >= 4 is 136 Å². The van der Waals surface area contributed by atoms with Crippen molar-refractivity contribution in [1.29, 1.82) is 0 Å². The van der Waals surface area contributed by atoms with Crippen molar-refractivity contribution in [2.24, 2.45) is 5.73 Å². The van der Waals surface area contributed by atoms with Crippen LogP contribution in [0.4, 0.5) is 0 Å². The molecule has 2 aromatic heterocycles. The number of carbonyl (C=O) groups excluding carboxylic acids is 14. The lowest BCUT2D eigenvalue weighted by Crippen LogP contribution is -2.61. The highest BCUT2D eigenvalue weighted by atomic mass is 32.1. The number of aliphatic carboxylic acids is 1. The lowest BCUT2D eigenvalue weighted by molar-refractivity contribution is -0.142. The van der Waals surface area contributed by atoms with Gasteiger partial charge < -0.3 is 115 Å². The monoisotopic (exact) mass is 1580 g/mol. The number of aromatic amines is 2. The van der Waals surface area contributed by atoms with Gasteiger partial charge in [0, 0.05) is 77.9 Å². The topological polar surface area (TPSA) is 574 Å². The van der Waals surface area contributed by atoms with E-state index < -0.39 is 201 Å². The van der Waals surface area contributed by atoms with Crippen molar-refractivity contribution in [3.63, 3.8) is 0 Å². The Bertz CT molecular complexity index is 4320. The van der Waals surface area contributed by atoms with Gasteiger partial charge in [0.2, 0.25) is 82.7 Å². The van der Waals surface area contributed by atoms with Crippen LogP contribution in [0.1, 0.15) is 48.9 Å². The molecule has 4 aromatic carbocycles. The summed E-state index contributed by atoms with van der Waals surface area (Å²) in [7, 11) is 0. The molecule has 1 aliphatic heterocycles. The lowest BCUT2D eigenvalue weighted by atomic mass is 10.0. The van der Waals surface area contributed by atoms with Crippen LogP contribution in [-0.2, 0) is 97.6 Å². The molecule has 1 saturated heterocycles. The number of carboxylic acid groups (broad SMARTS) is 1. The van der Waals surface area contributed by atoms with Gasteiger partial charge in [0.15, 0.2) is 0 Å². The number of phenolic OH excluding ortho intramolecular Hbond substituents is 1. The smallest absolute Gasteiger partial charge is 0.322 e. The predicted octanol–water partition coefficient (Wildman–Crippen LogP) is -5.90. The number of hydrogen-bond donors (Lipinski definition) is 23. The first-order chi connectivity index (χ1) is 53.1. The Balaban J connectivity index is 1.02. The summed E-state index contributed by atoms with van der Waals surface area (Å²) in [6, 6.07) is 10.3. The average molecular weight is 1580 g/mol. The fourth-order valence-electron chi connectivity index (χ4n) is 11.9. The van der Waals surface area contributed by atoms with Gasteiger partial charge in [-0.2, -0.15) is 25.3 Å². The Morgan fingerprint density at radius 1 is 0.450 bits per heavy atom. The Kier molecular flexibility index (Phi) is 33.0. The predicted molar refractivity (Wildman–Crippen MR) is 405 cm³/mol. The number of aliphatic hydroxyl groups excluding tert-OH is 3. The molecule has 0 bridgehead atoms. The molecule has 1 aliphatic rings. The number of aromatic hydroxyl groups is 1. The highest BCUT2D eigenvalue weighted by molar-refractivity contribution is 7.80. The van der Waals surface area contributed by atoms with Gasteiger partial charge in [-0.1, -0.05) is 78.9 Å². The maximum Gasteiger partial charge on any atom is 0.322 e. The van der Waals surface area contributed by atoms with Crippen LogP contribution < -0.4 is 74.9 Å². The van der Waals surface area contributed by atoms with Crippen molar-refractivity contribution in [3.05, 3.63) is 138 Å². The first-order valence-corrected chi connectivity index (χ1v) is 36.4. The zero-order valence-electron chi connectivity index (χ0n) is 60.3. The molecule has 0 radical (unpaired) electrons. The van der Waals surface area contributed by atoms with Crippen LogP contribution in [0.5, 0.6) is 5.75 Å². The van der Waals surface area contributed by atoms with Crippen molar-refractivity contribution in [1.82, 2.24) is 84.0 Å². The van der Waals surface area contributed by atoms with Gasteiger partial charge in [0.25, 0.3) is 0 Å². The van der Waals surface area contributed by atoms with E-state index in [0.717, 1.165) is 0 Å². The van der Waals surface area contributed by atoms with Crippen LogP contribution in [0.3, 0.4) is 0 Å². The molecule has 14 amide bonds. The van der Waals surface area contributed by atoms with Gasteiger partial charge in [-0.15, -0.1) is 0 Å². The second-order valence-corrected chi connectivity index (χ2v) is 26.7. The number of thiol groups is 2. The molecule has 1 fully saturated rings. The van der Waals surface area contributed by atoms with Crippen molar-refractivity contribution < 1.29 is 97.5 Å². The standard InChI is InChI=1S/C72H91N17O20S2/c1-37(61(98)77-31-60(96)97)78-67(104)53(33-91)86-69(106)55(35-110)81-59(95)30-76-63(100)52(32-90)85-66(103)49(25-41-28-74-46-15-8-6-13-44(41)46)82-62(99)38(2)79-71(108)57-17-10-22-89(57)72(109)51(24-39-11-4-3-5-12-39)84-65(102)50(26-42-29-75-47-16-9-7-14-45(42)47)83-68(105)54(34-92)87-70(107)56(36-111)88-64(101)48(80-58(94)27-73)23-40-18-20-43(93)21-19-40/h3-9,11-16,18-21,28-29,37-38,48-57,74-75,90-93,110-111H,10,17,22-27,30-36,73H2,1-2H3,(H,76,100)(H,77,98)(H,78,104)(H,79,108)(H,80,94)(H,81,95)(H,82,99)(H,83,105)(H,84,102)(H,85,103)(H,86,106)(H,87,107)(H,88,101)(H,96,97)/t37-,38-,48-,49-,50-,51-,52-,53-,54-,55-,56-,57-/m0/s1. The number of aliphatic hydroxyl groups is 3. The second-order valence-electron chi connectivity index (χ2n) is 26.0. The number of H-pyrrole nitrogens is 2. The molecule has 6 aromatic rings. The maximum absolute atomic E-state index is 15.2. The van der Waals surface area contributed by atoms with E-state index in [1.54, 1.807) is 91.3 Å². The highest BCUT2D eigenvalue weighted by Gasteiger charge is 2.41. The van der Waals surface area contributed by atoms with Crippen LogP contribution in [0.2, 0.25) is 0 Å². The van der Waals surface area contributed by atoms with Crippen LogP contribution in [-0.4, -0.2) is 259 Å². The van der Waals surface area contributed by atoms with Gasteiger partial charge in [0.1, 0.15) is 84.8 Å². The summed E-state index contributed by atoms with van der Waals surface area (Å²) >= 11 is 8.32. The number of fused-ring (bicyclic) bond motifs is 2. The number of aromatic nitrogens is 2. The zero-order valence-corrected chi connectivity index (χ0v) is 62.1. The molecule has 37 nitrogen and oxygen atoms in total. The Morgan fingerprint density at radius 2 is 0.856 bits per heavy atom. The van der Waals surface area contributed by atoms with E-state index in [1.165, 1.54) is 43.0 Å². The first-order valence-electron chi connectivity index (χ1n) is 35.1. The summed E-state index contributed by atoms with van der Waals surface area (Å²) in [5.41, 5.74) is 8.94. The number of rotatable bonds is 41. The van der Waals surface area contributed by atoms with E-state index in [9.17, 15) is 82.8 Å². The number of likely N-dealkylation sites (tertiary alicyclic amines) is 1. The Labute approximate surface area is 645 Å². The average Bonchev–Trinajstić information content (AvgIpc) is 1.73. The molecule has 39 heteroatoms. The van der Waals surface area contributed by atoms with E-state index in [2.05, 4.69) is 104 Å². The lowest BCUT2D eigenvalue weighted by Gasteiger charge is -2.31. The number of amides is 14. The molecule has 0 spiro atoms. The molecule has 111 heavy (non-hydrogen) atoms. The SMILES string of the molecule is C[C@H](NC(=O)[C@H](CO)NC(=O)[C@H](CS)NC(=O)CNC(=O)[C@H](CO)NC(=O)[C@H](Cc1c[nH]c2ccccc12)NC(=O)[C@H](C)NC(=O)[C@@H]1CCCN1C(=O)[C@H](Cc1ccccc1)NC(=O)[C@H](Cc1c[nH]c2ccccc12)NC(=O)[C@H](CO)NC(=O)[C@H](CS)NC(=O)[C@H](Cc1ccc(O)cc1)NC(=O)CN)C(=O)NCC(=O)O. The molecule has 12 atom stereocenters. The normalized spacial score (nSPS) is 15.5. The number of benzene rings is 4. The number of carbonyl (C=O) groups is 15. The highest BCUT2D eigenvalue weighted by Crippen LogP contribution is 2.24. The molecule has 7 rings (SSSR count). The fourth-order valence-corrected chi connectivity index (χ4v) is 12.4. The number of nitrogens with one attached hydrogen (secondary N) is 15. The molecular formula is C72H91N17O20S2. The summed E-state index contributed by atoms with van der Waals surface area (Å²) in [6.45, 7) is -2.65. The largest absolute Gasteiger partial charge is 0.508 e. The van der Waals surface area contributed by atoms with Crippen LogP contribution >= 0.6 is 25.3 Å². The van der Waals surface area contributed by atoms with E-state index in [-0.39, 0.29) is 62.3 Å². The minimum atomic E-state index is -1.78. The molecule has 0 unspecified atom stereocenters. The number of hydrogen-bond acceptors (Lipinski definition) is 22.